The van der Waals surface area contributed by atoms with Crippen LogP contribution in [0.2, 0.25) is 10.0 Å². The maximum Gasteiger partial charge on any atom is 0.344 e. The second-order valence-corrected chi connectivity index (χ2v) is 3.10. The van der Waals surface area contributed by atoms with E-state index >= 15 is 0 Å². The van der Waals surface area contributed by atoms with Crippen molar-refractivity contribution in [2.75, 3.05) is 0 Å². The van der Waals surface area contributed by atoms with Crippen molar-refractivity contribution >= 4 is 39.5 Å². The molecule has 0 radical (unpaired) electrons. The fraction of sp³-hybridized carbons (Fsp3) is 0. The lowest BCUT2D eigenvalue weighted by molar-refractivity contribution is -0.380. The van der Waals surface area contributed by atoms with Gasteiger partial charge in [-0.2, -0.15) is 0 Å². The lowest BCUT2D eigenvalue weighted by Crippen LogP contribution is -1.82. The number of rotatable bonds is 1. The second kappa shape index (κ2) is 2.74. The highest BCUT2D eigenvalue weighted by Gasteiger charge is 2.17. The summed E-state index contributed by atoms with van der Waals surface area (Å²) < 4.78 is 0. The Morgan fingerprint density at radius 3 is 2.40 bits per heavy atom. The highest BCUT2D eigenvalue weighted by atomic mass is 35.5. The van der Waals surface area contributed by atoms with Crippen LogP contribution in [0.3, 0.4) is 0 Å². The van der Waals surface area contributed by atoms with E-state index in [4.69, 9.17) is 23.2 Å². The molecule has 0 atom stereocenters. The van der Waals surface area contributed by atoms with Crippen molar-refractivity contribution in [3.63, 3.8) is 0 Å². The molecule has 0 aliphatic carbocycles. The van der Waals surface area contributed by atoms with E-state index in [0.717, 1.165) is 11.3 Å². The van der Waals surface area contributed by atoms with Gasteiger partial charge in [0.15, 0.2) is 0 Å². The van der Waals surface area contributed by atoms with Crippen LogP contribution in [0.4, 0.5) is 5.00 Å². The van der Waals surface area contributed by atoms with Crippen LogP contribution in [0.15, 0.2) is 5.38 Å². The molecule has 0 saturated heterocycles. The molecule has 0 fully saturated rings. The fourth-order valence-corrected chi connectivity index (χ4v) is 1.67. The zero-order valence-corrected chi connectivity index (χ0v) is 6.83. The van der Waals surface area contributed by atoms with Crippen molar-refractivity contribution in [2.45, 2.75) is 0 Å². The molecule has 0 saturated carbocycles. The zero-order valence-electron chi connectivity index (χ0n) is 4.51. The van der Waals surface area contributed by atoms with Crippen LogP contribution >= 0.6 is 34.5 Å². The van der Waals surface area contributed by atoms with E-state index < -0.39 is 4.92 Å². The summed E-state index contributed by atoms with van der Waals surface area (Å²) in [5.74, 6) is 0. The van der Waals surface area contributed by atoms with Gasteiger partial charge in [-0.3, -0.25) is 10.1 Å². The Bertz CT molecular complexity index is 272. The first kappa shape index (κ1) is 7.78. The van der Waals surface area contributed by atoms with Crippen molar-refractivity contribution in [3.8, 4) is 0 Å². The van der Waals surface area contributed by atoms with Crippen LogP contribution in [0, 0.1) is 10.1 Å². The van der Waals surface area contributed by atoms with Gasteiger partial charge >= 0.3 is 5.00 Å². The molecule has 0 unspecified atom stereocenters. The van der Waals surface area contributed by atoms with E-state index in [9.17, 15) is 10.1 Å². The van der Waals surface area contributed by atoms with Crippen LogP contribution in [-0.4, -0.2) is 4.92 Å². The van der Waals surface area contributed by atoms with Crippen LogP contribution in [0.25, 0.3) is 0 Å². The molecular weight excluding hydrogens is 197 g/mol. The normalized spacial score (nSPS) is 9.80. The molecule has 1 rings (SSSR count). The van der Waals surface area contributed by atoms with Crippen molar-refractivity contribution in [2.24, 2.45) is 0 Å². The summed E-state index contributed by atoms with van der Waals surface area (Å²) in [6.45, 7) is 0. The Hall–Kier alpha value is -0.320. The first-order valence-corrected chi connectivity index (χ1v) is 3.83. The van der Waals surface area contributed by atoms with Gasteiger partial charge in [0.25, 0.3) is 0 Å². The maximum absolute atomic E-state index is 10.1. The predicted octanol–water partition coefficient (Wildman–Crippen LogP) is 2.96. The molecule has 3 nitrogen and oxygen atoms in total. The molecular formula is C4HCl2NO2S. The first-order chi connectivity index (χ1) is 4.63. The molecule has 0 N–H and O–H groups in total. The van der Waals surface area contributed by atoms with E-state index in [1.807, 2.05) is 0 Å². The molecule has 0 aliphatic rings. The minimum absolute atomic E-state index is 0.0247. The largest absolute Gasteiger partial charge is 0.344 e. The third kappa shape index (κ3) is 1.23. The van der Waals surface area contributed by atoms with Gasteiger partial charge in [0.2, 0.25) is 0 Å². The van der Waals surface area contributed by atoms with Gasteiger partial charge in [-0.1, -0.05) is 34.5 Å². The van der Waals surface area contributed by atoms with Gasteiger partial charge in [0.1, 0.15) is 5.02 Å². The van der Waals surface area contributed by atoms with Crippen LogP contribution in [0.5, 0.6) is 0 Å². The average molecular weight is 198 g/mol. The van der Waals surface area contributed by atoms with Gasteiger partial charge < -0.3 is 0 Å². The minimum atomic E-state index is -0.557. The topological polar surface area (TPSA) is 43.1 Å². The van der Waals surface area contributed by atoms with Crippen molar-refractivity contribution in [3.05, 3.63) is 25.5 Å². The zero-order chi connectivity index (χ0) is 7.72. The molecule has 1 aromatic rings. The molecule has 0 bridgehead atoms. The number of thiophene rings is 1. The van der Waals surface area contributed by atoms with E-state index in [0.29, 0.717) is 0 Å². The standard InChI is InChI=1S/C4HCl2NO2S/c5-2-1-10-4(3(2)6)7(8)9/h1H. The molecule has 0 amide bonds. The Balaban J connectivity index is 3.17. The minimum Gasteiger partial charge on any atom is -0.257 e. The van der Waals surface area contributed by atoms with E-state index in [2.05, 4.69) is 0 Å². The highest BCUT2D eigenvalue weighted by Crippen LogP contribution is 2.37. The third-order valence-corrected chi connectivity index (χ3v) is 2.79. The summed E-state index contributed by atoms with van der Waals surface area (Å²) in [5.41, 5.74) is 0. The first-order valence-electron chi connectivity index (χ1n) is 2.20. The van der Waals surface area contributed by atoms with Gasteiger partial charge in [-0.05, 0) is 0 Å². The molecule has 1 heterocycles. The molecule has 0 aliphatic heterocycles. The summed E-state index contributed by atoms with van der Waals surface area (Å²) in [4.78, 5) is 9.55. The molecule has 6 heteroatoms. The van der Waals surface area contributed by atoms with E-state index in [1.165, 1.54) is 5.38 Å². The smallest absolute Gasteiger partial charge is 0.257 e. The van der Waals surface area contributed by atoms with Gasteiger partial charge in [0, 0.05) is 5.38 Å². The van der Waals surface area contributed by atoms with Crippen LogP contribution in [0.1, 0.15) is 0 Å². The predicted molar refractivity (Wildman–Crippen MR) is 41.0 cm³/mol. The van der Waals surface area contributed by atoms with Crippen molar-refractivity contribution in [1.29, 1.82) is 0 Å². The average Bonchev–Trinajstić information content (AvgIpc) is 2.14. The van der Waals surface area contributed by atoms with Gasteiger partial charge in [0.05, 0.1) is 9.95 Å². The summed E-state index contributed by atoms with van der Waals surface area (Å²) in [6, 6.07) is 0. The van der Waals surface area contributed by atoms with Crippen LogP contribution < -0.4 is 0 Å². The van der Waals surface area contributed by atoms with E-state index in [-0.39, 0.29) is 15.0 Å². The Morgan fingerprint density at radius 2 is 2.20 bits per heavy atom. The molecule has 1 aromatic heterocycles. The van der Waals surface area contributed by atoms with Crippen molar-refractivity contribution < 1.29 is 4.92 Å². The number of hydrogen-bond acceptors (Lipinski definition) is 3. The number of halogens is 2. The molecule has 54 valence electrons. The summed E-state index contributed by atoms with van der Waals surface area (Å²) in [5, 5.41) is 11.7. The summed E-state index contributed by atoms with van der Waals surface area (Å²) in [7, 11) is 0. The molecule has 10 heavy (non-hydrogen) atoms. The lowest BCUT2D eigenvalue weighted by Gasteiger charge is -1.83. The van der Waals surface area contributed by atoms with Gasteiger partial charge in [-0.25, -0.2) is 0 Å². The fourth-order valence-electron chi connectivity index (χ4n) is 0.436. The maximum atomic E-state index is 10.1. The summed E-state index contributed by atoms with van der Waals surface area (Å²) >= 11 is 11.8. The van der Waals surface area contributed by atoms with E-state index in [1.54, 1.807) is 0 Å². The number of nitro groups is 1. The van der Waals surface area contributed by atoms with Gasteiger partial charge in [-0.15, -0.1) is 0 Å². The Kier molecular flexibility index (Phi) is 2.13. The second-order valence-electron chi connectivity index (χ2n) is 1.46. The summed E-state index contributed by atoms with van der Waals surface area (Å²) in [6.07, 6.45) is 0. The lowest BCUT2D eigenvalue weighted by atomic mass is 10.6. The molecule has 0 aromatic carbocycles. The molecule has 0 spiro atoms. The SMILES string of the molecule is O=[N+]([O-])c1scc(Cl)c1Cl. The monoisotopic (exact) mass is 197 g/mol. The highest BCUT2D eigenvalue weighted by molar-refractivity contribution is 7.14. The van der Waals surface area contributed by atoms with Crippen LogP contribution in [-0.2, 0) is 0 Å². The number of hydrogen-bond donors (Lipinski definition) is 0. The number of nitrogens with zero attached hydrogens (tertiary/aromatic N) is 1. The third-order valence-electron chi connectivity index (χ3n) is 0.837. The Labute approximate surface area is 70.3 Å². The Morgan fingerprint density at radius 1 is 1.60 bits per heavy atom. The van der Waals surface area contributed by atoms with Crippen molar-refractivity contribution in [1.82, 2.24) is 0 Å². The quantitative estimate of drug-likeness (QED) is 0.514.